The number of fused-ring (bicyclic) bond motifs is 1. The average Bonchev–Trinajstić information content (AvgIpc) is 2.44. The van der Waals surface area contributed by atoms with Gasteiger partial charge < -0.3 is 4.74 Å². The molecule has 0 aliphatic rings. The first-order valence-corrected chi connectivity index (χ1v) is 6.58. The van der Waals surface area contributed by atoms with E-state index < -0.39 is 0 Å². The van der Waals surface area contributed by atoms with E-state index in [9.17, 15) is 4.79 Å². The van der Waals surface area contributed by atoms with Crippen LogP contribution in [-0.2, 0) is 16.0 Å². The van der Waals surface area contributed by atoms with Gasteiger partial charge in [-0.05, 0) is 25.5 Å². The molecule has 3 nitrogen and oxygen atoms in total. The number of ketones is 1. The second-order valence-corrected chi connectivity index (χ2v) is 4.80. The van der Waals surface area contributed by atoms with Gasteiger partial charge in [0.25, 0.3) is 0 Å². The number of aromatic nitrogens is 1. The Morgan fingerprint density at radius 3 is 2.84 bits per heavy atom. The van der Waals surface area contributed by atoms with Crippen molar-refractivity contribution in [3.8, 4) is 0 Å². The van der Waals surface area contributed by atoms with Crippen molar-refractivity contribution >= 4 is 16.7 Å². The van der Waals surface area contributed by atoms with Crippen LogP contribution in [0.15, 0.2) is 36.4 Å². The molecule has 2 rings (SSSR count). The molecular weight excluding hydrogens is 238 g/mol. The lowest BCUT2D eigenvalue weighted by atomic mass is 10.1. The summed E-state index contributed by atoms with van der Waals surface area (Å²) in [6.07, 6.45) is 1.85. The van der Waals surface area contributed by atoms with E-state index in [1.165, 1.54) is 0 Å². The third-order valence-electron chi connectivity index (χ3n) is 3.27. The maximum absolute atomic E-state index is 11.9. The molecule has 2 aromatic rings. The molecule has 0 saturated carbocycles. The predicted molar refractivity (Wildman–Crippen MR) is 76.2 cm³/mol. The number of para-hydroxylation sites is 1. The molecule has 0 radical (unpaired) electrons. The van der Waals surface area contributed by atoms with Crippen molar-refractivity contribution in [3.05, 3.63) is 42.1 Å². The van der Waals surface area contributed by atoms with Gasteiger partial charge in [-0.1, -0.05) is 24.3 Å². The molecule has 1 aromatic carbocycles. The number of ether oxygens (including phenoxy) is 1. The lowest BCUT2D eigenvalue weighted by molar-refractivity contribution is -0.119. The molecule has 0 bridgehead atoms. The largest absolute Gasteiger partial charge is 0.382 e. The second-order valence-electron chi connectivity index (χ2n) is 4.80. The number of Topliss-reactive ketones (excluding diaryl/α,β-unsaturated/α-hetero) is 1. The van der Waals surface area contributed by atoms with Crippen LogP contribution in [0.1, 0.15) is 25.5 Å². The fraction of sp³-hybridized carbons (Fsp3) is 0.375. The fourth-order valence-electron chi connectivity index (χ4n) is 1.98. The van der Waals surface area contributed by atoms with E-state index in [-0.39, 0.29) is 11.9 Å². The summed E-state index contributed by atoms with van der Waals surface area (Å²) < 4.78 is 5.14. The number of pyridine rings is 1. The molecule has 0 amide bonds. The molecule has 0 N–H and O–H groups in total. The second kappa shape index (κ2) is 6.43. The summed E-state index contributed by atoms with van der Waals surface area (Å²) in [7, 11) is 1.67. The predicted octanol–water partition coefficient (Wildman–Crippen LogP) is 3.16. The molecule has 0 aliphatic carbocycles. The summed E-state index contributed by atoms with van der Waals surface area (Å²) >= 11 is 0. The Bertz CT molecular complexity index is 565. The normalized spacial score (nSPS) is 12.5. The van der Waals surface area contributed by atoms with Crippen LogP contribution in [-0.4, -0.2) is 24.0 Å². The van der Waals surface area contributed by atoms with Gasteiger partial charge in [0.1, 0.15) is 5.78 Å². The van der Waals surface area contributed by atoms with Crippen LogP contribution in [0, 0.1) is 0 Å². The quantitative estimate of drug-likeness (QED) is 0.798. The Balaban J connectivity index is 1.99. The zero-order valence-corrected chi connectivity index (χ0v) is 11.4. The highest BCUT2D eigenvalue weighted by Crippen LogP contribution is 2.13. The lowest BCUT2D eigenvalue weighted by Gasteiger charge is -2.08. The van der Waals surface area contributed by atoms with Crippen molar-refractivity contribution in [2.75, 3.05) is 7.11 Å². The van der Waals surface area contributed by atoms with Gasteiger partial charge in [-0.3, -0.25) is 9.78 Å². The Labute approximate surface area is 113 Å². The van der Waals surface area contributed by atoms with Gasteiger partial charge in [-0.15, -0.1) is 0 Å². The van der Waals surface area contributed by atoms with Crippen LogP contribution in [0.3, 0.4) is 0 Å². The van der Waals surface area contributed by atoms with Crippen LogP contribution >= 0.6 is 0 Å². The Kier molecular flexibility index (Phi) is 4.63. The van der Waals surface area contributed by atoms with Crippen molar-refractivity contribution in [2.24, 2.45) is 0 Å². The number of nitrogens with zero attached hydrogens (tertiary/aromatic N) is 1. The molecule has 0 saturated heterocycles. The SMILES string of the molecule is COC(C)CCC(=O)Cc1ccc2ccccc2n1. The van der Waals surface area contributed by atoms with Crippen molar-refractivity contribution in [2.45, 2.75) is 32.3 Å². The molecule has 3 heteroatoms. The van der Waals surface area contributed by atoms with Crippen LogP contribution in [0.25, 0.3) is 10.9 Å². The Morgan fingerprint density at radius 2 is 2.05 bits per heavy atom. The van der Waals surface area contributed by atoms with Crippen LogP contribution in [0.5, 0.6) is 0 Å². The van der Waals surface area contributed by atoms with E-state index in [1.54, 1.807) is 7.11 Å². The first-order chi connectivity index (χ1) is 9.19. The number of hydrogen-bond acceptors (Lipinski definition) is 3. The molecule has 19 heavy (non-hydrogen) atoms. The van der Waals surface area contributed by atoms with E-state index in [0.717, 1.165) is 23.0 Å². The Morgan fingerprint density at radius 1 is 1.26 bits per heavy atom. The maximum Gasteiger partial charge on any atom is 0.138 e. The lowest BCUT2D eigenvalue weighted by Crippen LogP contribution is -2.10. The summed E-state index contributed by atoms with van der Waals surface area (Å²) in [5.74, 6) is 0.215. The van der Waals surface area contributed by atoms with Crippen LogP contribution in [0.4, 0.5) is 0 Å². The van der Waals surface area contributed by atoms with Gasteiger partial charge in [0.05, 0.1) is 11.6 Å². The number of carbonyl (C=O) groups excluding carboxylic acids is 1. The molecule has 100 valence electrons. The third kappa shape index (κ3) is 3.86. The van der Waals surface area contributed by atoms with Crippen LogP contribution < -0.4 is 0 Å². The third-order valence-corrected chi connectivity index (χ3v) is 3.27. The van der Waals surface area contributed by atoms with E-state index in [0.29, 0.717) is 12.8 Å². The number of rotatable bonds is 6. The van der Waals surface area contributed by atoms with Gasteiger partial charge in [0.2, 0.25) is 0 Å². The minimum absolute atomic E-state index is 0.133. The molecule has 1 aromatic heterocycles. The molecule has 1 heterocycles. The first kappa shape index (κ1) is 13.7. The minimum Gasteiger partial charge on any atom is -0.382 e. The van der Waals surface area contributed by atoms with Crippen molar-refractivity contribution in [3.63, 3.8) is 0 Å². The fourth-order valence-corrected chi connectivity index (χ4v) is 1.98. The molecule has 0 aliphatic heterocycles. The highest BCUT2D eigenvalue weighted by Gasteiger charge is 2.08. The molecule has 1 atom stereocenters. The Hall–Kier alpha value is -1.74. The number of benzene rings is 1. The van der Waals surface area contributed by atoms with Gasteiger partial charge in [0, 0.05) is 31.0 Å². The molecule has 1 unspecified atom stereocenters. The molecule has 0 fully saturated rings. The van der Waals surface area contributed by atoms with E-state index in [2.05, 4.69) is 4.98 Å². The van der Waals surface area contributed by atoms with Crippen molar-refractivity contribution in [1.82, 2.24) is 4.98 Å². The topological polar surface area (TPSA) is 39.2 Å². The summed E-state index contributed by atoms with van der Waals surface area (Å²) in [4.78, 5) is 16.4. The summed E-state index contributed by atoms with van der Waals surface area (Å²) in [6, 6.07) is 11.9. The van der Waals surface area contributed by atoms with Crippen molar-refractivity contribution < 1.29 is 9.53 Å². The summed E-state index contributed by atoms with van der Waals surface area (Å²) in [5, 5.41) is 1.10. The van der Waals surface area contributed by atoms with E-state index >= 15 is 0 Å². The average molecular weight is 257 g/mol. The van der Waals surface area contributed by atoms with Gasteiger partial charge in [-0.25, -0.2) is 0 Å². The smallest absolute Gasteiger partial charge is 0.138 e. The maximum atomic E-state index is 11.9. The van der Waals surface area contributed by atoms with Gasteiger partial charge in [-0.2, -0.15) is 0 Å². The van der Waals surface area contributed by atoms with E-state index in [4.69, 9.17) is 4.74 Å². The number of hydrogen-bond donors (Lipinski definition) is 0. The number of methoxy groups -OCH3 is 1. The number of carbonyl (C=O) groups is 1. The van der Waals surface area contributed by atoms with E-state index in [1.807, 2.05) is 43.3 Å². The standard InChI is InChI=1S/C16H19NO2/c1-12(19-2)7-10-15(18)11-14-9-8-13-5-3-4-6-16(13)17-14/h3-6,8-9,12H,7,10-11H2,1-2H3. The van der Waals surface area contributed by atoms with Crippen LogP contribution in [0.2, 0.25) is 0 Å². The molecular formula is C16H19NO2. The summed E-state index contributed by atoms with van der Waals surface area (Å²) in [5.41, 5.74) is 1.78. The highest BCUT2D eigenvalue weighted by atomic mass is 16.5. The minimum atomic E-state index is 0.133. The van der Waals surface area contributed by atoms with Gasteiger partial charge >= 0.3 is 0 Å². The first-order valence-electron chi connectivity index (χ1n) is 6.58. The van der Waals surface area contributed by atoms with Crippen molar-refractivity contribution in [1.29, 1.82) is 0 Å². The van der Waals surface area contributed by atoms with Gasteiger partial charge in [0.15, 0.2) is 0 Å². The molecule has 0 spiro atoms. The monoisotopic (exact) mass is 257 g/mol. The zero-order chi connectivity index (χ0) is 13.7. The zero-order valence-electron chi connectivity index (χ0n) is 11.4. The summed E-state index contributed by atoms with van der Waals surface area (Å²) in [6.45, 7) is 1.97. The highest BCUT2D eigenvalue weighted by molar-refractivity contribution is 5.82.